The third kappa shape index (κ3) is 5.01. The number of halogens is 2. The number of thiocarbonyl (C=S) groups is 1. The average molecular weight is 261 g/mol. The average Bonchev–Trinajstić information content (AvgIpc) is 2.28. The van der Waals surface area contributed by atoms with E-state index >= 15 is 0 Å². The number of nitrogens with zero attached hydrogens (tertiary/aromatic N) is 1. The topological polar surface area (TPSA) is 60.2 Å². The highest BCUT2D eigenvalue weighted by Crippen LogP contribution is 2.12. The molecule has 0 radical (unpaired) electrons. The van der Waals surface area contributed by atoms with Crippen molar-refractivity contribution in [2.45, 2.75) is 6.43 Å². The van der Waals surface area contributed by atoms with E-state index in [1.807, 2.05) is 0 Å². The number of aromatic nitrogens is 1. The molecular weight excluding hydrogens is 248 g/mol. The highest BCUT2D eigenvalue weighted by Gasteiger charge is 2.04. The summed E-state index contributed by atoms with van der Waals surface area (Å²) < 4.78 is 28.3. The number of nitrogens with one attached hydrogen (secondary N) is 1. The lowest BCUT2D eigenvalue weighted by molar-refractivity contribution is 0.0215. The predicted octanol–water partition coefficient (Wildman–Crippen LogP) is 1.41. The van der Waals surface area contributed by atoms with Gasteiger partial charge in [-0.25, -0.2) is 8.78 Å². The van der Waals surface area contributed by atoms with Crippen LogP contribution in [0, 0.1) is 0 Å². The second-order valence-electron chi connectivity index (χ2n) is 3.18. The first-order valence-electron chi connectivity index (χ1n) is 4.95. The Morgan fingerprint density at radius 2 is 2.35 bits per heavy atom. The van der Waals surface area contributed by atoms with Crippen molar-refractivity contribution in [2.24, 2.45) is 5.73 Å². The highest BCUT2D eigenvalue weighted by molar-refractivity contribution is 7.80. The molecule has 0 spiro atoms. The Morgan fingerprint density at radius 1 is 1.59 bits per heavy atom. The molecule has 0 aliphatic heterocycles. The van der Waals surface area contributed by atoms with Gasteiger partial charge < -0.3 is 15.8 Å². The third-order valence-electron chi connectivity index (χ3n) is 1.89. The van der Waals surface area contributed by atoms with Crippen LogP contribution in [0.5, 0.6) is 0 Å². The molecule has 0 aliphatic carbocycles. The van der Waals surface area contributed by atoms with Gasteiger partial charge in [-0.05, 0) is 6.07 Å². The molecule has 0 atom stereocenters. The monoisotopic (exact) mass is 261 g/mol. The summed E-state index contributed by atoms with van der Waals surface area (Å²) >= 11 is 4.87. The second-order valence-corrected chi connectivity index (χ2v) is 3.62. The van der Waals surface area contributed by atoms with E-state index in [-0.39, 0.29) is 11.6 Å². The molecule has 94 valence electrons. The van der Waals surface area contributed by atoms with E-state index in [0.717, 1.165) is 0 Å². The maximum absolute atomic E-state index is 11.8. The van der Waals surface area contributed by atoms with Crippen molar-refractivity contribution in [3.05, 3.63) is 24.0 Å². The van der Waals surface area contributed by atoms with Gasteiger partial charge in [0.05, 0.1) is 18.5 Å². The minimum absolute atomic E-state index is 0.177. The van der Waals surface area contributed by atoms with Gasteiger partial charge in [-0.15, -0.1) is 0 Å². The Labute approximate surface area is 103 Å². The van der Waals surface area contributed by atoms with E-state index in [1.165, 1.54) is 0 Å². The summed E-state index contributed by atoms with van der Waals surface area (Å²) in [6, 6.07) is 1.69. The van der Waals surface area contributed by atoms with Gasteiger partial charge in [-0.3, -0.25) is 4.98 Å². The van der Waals surface area contributed by atoms with Crippen molar-refractivity contribution in [3.8, 4) is 0 Å². The fourth-order valence-corrected chi connectivity index (χ4v) is 1.36. The fraction of sp³-hybridized carbons (Fsp3) is 0.400. The molecule has 0 aliphatic rings. The van der Waals surface area contributed by atoms with E-state index in [9.17, 15) is 8.78 Å². The van der Waals surface area contributed by atoms with Crippen LogP contribution in [-0.2, 0) is 4.74 Å². The summed E-state index contributed by atoms with van der Waals surface area (Å²) in [5, 5.41) is 2.97. The van der Waals surface area contributed by atoms with E-state index in [2.05, 4.69) is 10.3 Å². The number of ether oxygens (including phenoxy) is 1. The summed E-state index contributed by atoms with van der Waals surface area (Å²) in [6.45, 7) is 0.000905. The van der Waals surface area contributed by atoms with Gasteiger partial charge in [0.25, 0.3) is 6.43 Å². The molecule has 0 aromatic carbocycles. The Hall–Kier alpha value is -1.34. The molecule has 0 amide bonds. The largest absolute Gasteiger partial charge is 0.389 e. The molecule has 4 nitrogen and oxygen atoms in total. The van der Waals surface area contributed by atoms with Gasteiger partial charge in [0.1, 0.15) is 11.6 Å². The molecule has 0 saturated heterocycles. The van der Waals surface area contributed by atoms with Crippen molar-refractivity contribution < 1.29 is 13.5 Å². The quantitative estimate of drug-likeness (QED) is 0.574. The van der Waals surface area contributed by atoms with Crippen LogP contribution >= 0.6 is 12.2 Å². The van der Waals surface area contributed by atoms with Crippen molar-refractivity contribution in [1.82, 2.24) is 4.98 Å². The Balaban J connectivity index is 2.39. The van der Waals surface area contributed by atoms with Crippen molar-refractivity contribution in [1.29, 1.82) is 0 Å². The number of anilines is 1. The SMILES string of the molecule is NC(=S)c1ccncc1NCCOCC(F)F. The molecule has 1 rings (SSSR count). The minimum Gasteiger partial charge on any atom is -0.389 e. The predicted molar refractivity (Wildman–Crippen MR) is 65.4 cm³/mol. The Bertz CT molecular complexity index is 376. The van der Waals surface area contributed by atoms with Crippen molar-refractivity contribution in [3.63, 3.8) is 0 Å². The van der Waals surface area contributed by atoms with Gasteiger partial charge >= 0.3 is 0 Å². The van der Waals surface area contributed by atoms with Crippen LogP contribution in [-0.4, -0.2) is 36.2 Å². The first-order chi connectivity index (χ1) is 8.11. The Kier molecular flexibility index (Phi) is 5.71. The zero-order chi connectivity index (χ0) is 12.7. The van der Waals surface area contributed by atoms with Crippen LogP contribution in [0.3, 0.4) is 0 Å². The molecule has 1 heterocycles. The summed E-state index contributed by atoms with van der Waals surface area (Å²) in [4.78, 5) is 4.17. The summed E-state index contributed by atoms with van der Waals surface area (Å²) in [5.41, 5.74) is 6.86. The molecule has 0 saturated carbocycles. The normalized spacial score (nSPS) is 10.5. The lowest BCUT2D eigenvalue weighted by atomic mass is 10.2. The van der Waals surface area contributed by atoms with Gasteiger partial charge in [0, 0.05) is 18.3 Å². The molecule has 1 aromatic heterocycles. The van der Waals surface area contributed by atoms with Crippen LogP contribution in [0.2, 0.25) is 0 Å². The molecule has 0 fully saturated rings. The van der Waals surface area contributed by atoms with Crippen LogP contribution in [0.25, 0.3) is 0 Å². The van der Waals surface area contributed by atoms with E-state index < -0.39 is 13.0 Å². The van der Waals surface area contributed by atoms with Crippen LogP contribution in [0.4, 0.5) is 14.5 Å². The van der Waals surface area contributed by atoms with Gasteiger partial charge in [0.2, 0.25) is 0 Å². The summed E-state index contributed by atoms with van der Waals surface area (Å²) in [5.74, 6) is 0. The van der Waals surface area contributed by atoms with E-state index in [4.69, 9.17) is 22.7 Å². The van der Waals surface area contributed by atoms with Gasteiger partial charge in [0.15, 0.2) is 0 Å². The Morgan fingerprint density at radius 3 is 3.00 bits per heavy atom. The van der Waals surface area contributed by atoms with Gasteiger partial charge in [-0.2, -0.15) is 0 Å². The summed E-state index contributed by atoms with van der Waals surface area (Å²) in [7, 11) is 0. The highest BCUT2D eigenvalue weighted by atomic mass is 32.1. The number of rotatable bonds is 7. The number of nitrogens with two attached hydrogens (primary N) is 1. The van der Waals surface area contributed by atoms with Crippen molar-refractivity contribution >= 4 is 22.9 Å². The van der Waals surface area contributed by atoms with Crippen LogP contribution < -0.4 is 11.1 Å². The molecule has 3 N–H and O–H groups in total. The number of pyridine rings is 1. The molecule has 17 heavy (non-hydrogen) atoms. The first kappa shape index (κ1) is 13.7. The van der Waals surface area contributed by atoms with Crippen LogP contribution in [0.1, 0.15) is 5.56 Å². The smallest absolute Gasteiger partial charge is 0.261 e. The zero-order valence-corrected chi connectivity index (χ0v) is 9.84. The van der Waals surface area contributed by atoms with Gasteiger partial charge in [-0.1, -0.05) is 12.2 Å². The standard InChI is InChI=1S/C10H13F2N3OS/c11-9(12)6-16-4-3-15-8-5-14-2-1-7(8)10(13)17/h1-2,5,9,15H,3-4,6H2,(H2,13,17). The second kappa shape index (κ2) is 7.08. The van der Waals surface area contributed by atoms with E-state index in [0.29, 0.717) is 17.8 Å². The van der Waals surface area contributed by atoms with E-state index in [1.54, 1.807) is 18.5 Å². The maximum Gasteiger partial charge on any atom is 0.261 e. The zero-order valence-electron chi connectivity index (χ0n) is 9.03. The molecular formula is C10H13F2N3OS. The first-order valence-corrected chi connectivity index (χ1v) is 5.35. The maximum atomic E-state index is 11.8. The third-order valence-corrected chi connectivity index (χ3v) is 2.11. The minimum atomic E-state index is -2.44. The molecule has 0 bridgehead atoms. The number of hydrogen-bond donors (Lipinski definition) is 2. The molecule has 0 unspecified atom stereocenters. The fourth-order valence-electron chi connectivity index (χ4n) is 1.18. The number of alkyl halides is 2. The van der Waals surface area contributed by atoms with Crippen molar-refractivity contribution in [2.75, 3.05) is 25.1 Å². The lowest BCUT2D eigenvalue weighted by Gasteiger charge is -2.10. The number of hydrogen-bond acceptors (Lipinski definition) is 4. The summed E-state index contributed by atoms with van der Waals surface area (Å²) in [6.07, 6.45) is 0.703. The van der Waals surface area contributed by atoms with Crippen LogP contribution in [0.15, 0.2) is 18.5 Å². The lowest BCUT2D eigenvalue weighted by Crippen LogP contribution is -2.17. The molecule has 1 aromatic rings. The molecule has 7 heteroatoms.